The van der Waals surface area contributed by atoms with Crippen LogP contribution in [0, 0.1) is 5.82 Å². The Labute approximate surface area is 263 Å². The zero-order valence-corrected chi connectivity index (χ0v) is 25.8. The van der Waals surface area contributed by atoms with E-state index >= 15 is 4.39 Å². The van der Waals surface area contributed by atoms with Crippen LogP contribution in [-0.2, 0) is 6.61 Å². The minimum absolute atomic E-state index is 0.168. The number of anilines is 4. The smallest absolute Gasteiger partial charge is 0.229 e. The number of rotatable bonds is 15. The number of aromatic nitrogens is 2. The van der Waals surface area contributed by atoms with Gasteiger partial charge in [-0.1, -0.05) is 62.4 Å². The van der Waals surface area contributed by atoms with Gasteiger partial charge in [-0.15, -0.1) is 0 Å². The molecule has 0 fully saturated rings. The van der Waals surface area contributed by atoms with E-state index in [-0.39, 0.29) is 12.4 Å². The highest BCUT2D eigenvalue weighted by Crippen LogP contribution is 2.35. The molecule has 0 aliphatic heterocycles. The van der Waals surface area contributed by atoms with E-state index in [1.807, 2.05) is 78.9 Å². The van der Waals surface area contributed by atoms with Crippen molar-refractivity contribution in [3.05, 3.63) is 115 Å². The second-order valence-corrected chi connectivity index (χ2v) is 10.2. The molecule has 0 spiro atoms. The van der Waals surface area contributed by atoms with Gasteiger partial charge in [0, 0.05) is 24.0 Å². The fraction of sp³-hybridized carbons (Fsp3) is 0.222. The third-order valence-electron chi connectivity index (χ3n) is 7.31. The zero-order valence-electron chi connectivity index (χ0n) is 25.8. The monoisotopic (exact) mass is 607 g/mol. The third kappa shape index (κ3) is 8.49. The van der Waals surface area contributed by atoms with E-state index in [1.165, 1.54) is 6.07 Å². The Kier molecular flexibility index (Phi) is 10.8. The molecule has 9 heteroatoms. The molecule has 0 aliphatic rings. The van der Waals surface area contributed by atoms with Gasteiger partial charge in [-0.2, -0.15) is 4.98 Å². The van der Waals surface area contributed by atoms with Crippen LogP contribution in [-0.4, -0.2) is 48.2 Å². The lowest BCUT2D eigenvalue weighted by Gasteiger charge is -2.18. The summed E-state index contributed by atoms with van der Waals surface area (Å²) < 4.78 is 32.4. The van der Waals surface area contributed by atoms with Gasteiger partial charge in [0.05, 0.1) is 12.8 Å². The summed E-state index contributed by atoms with van der Waals surface area (Å²) in [6, 6.07) is 29.7. The van der Waals surface area contributed by atoms with Crippen molar-refractivity contribution >= 4 is 23.1 Å². The van der Waals surface area contributed by atoms with Crippen LogP contribution < -0.4 is 24.8 Å². The van der Waals surface area contributed by atoms with E-state index in [9.17, 15) is 0 Å². The normalized spacial score (nSPS) is 10.9. The van der Waals surface area contributed by atoms with E-state index in [4.69, 9.17) is 19.2 Å². The van der Waals surface area contributed by atoms with Gasteiger partial charge in [0.1, 0.15) is 30.5 Å². The lowest BCUT2D eigenvalue weighted by Crippen LogP contribution is -2.27. The molecule has 8 nitrogen and oxygen atoms in total. The minimum Gasteiger partial charge on any atom is -0.495 e. The number of nitrogens with one attached hydrogen (secondary N) is 2. The summed E-state index contributed by atoms with van der Waals surface area (Å²) in [7, 11) is 1.61. The maximum absolute atomic E-state index is 15.2. The molecule has 5 aromatic rings. The van der Waals surface area contributed by atoms with Crippen molar-refractivity contribution in [2.24, 2.45) is 0 Å². The second kappa shape index (κ2) is 15.5. The average Bonchev–Trinajstić information content (AvgIpc) is 3.08. The van der Waals surface area contributed by atoms with Crippen molar-refractivity contribution < 1.29 is 18.6 Å². The van der Waals surface area contributed by atoms with Crippen LogP contribution in [0.25, 0.3) is 11.1 Å². The Morgan fingerprint density at radius 2 is 1.56 bits per heavy atom. The zero-order chi connectivity index (χ0) is 31.4. The largest absolute Gasteiger partial charge is 0.495 e. The number of hydrogen-bond acceptors (Lipinski definition) is 8. The summed E-state index contributed by atoms with van der Waals surface area (Å²) >= 11 is 0. The van der Waals surface area contributed by atoms with Crippen LogP contribution in [0.15, 0.2) is 103 Å². The van der Waals surface area contributed by atoms with Crippen LogP contribution in [0.2, 0.25) is 0 Å². The first-order valence-electron chi connectivity index (χ1n) is 15.0. The molecule has 2 N–H and O–H groups in total. The first-order valence-corrected chi connectivity index (χ1v) is 15.0. The SMILES string of the molecule is CCN(CC)CCOc1ccc(Nc2ncc(-c3ccc(OCc4ccccc4)c(F)c3)c(Nc3ccccc3OC)n2)cc1. The van der Waals surface area contributed by atoms with E-state index < -0.39 is 5.82 Å². The van der Waals surface area contributed by atoms with E-state index in [2.05, 4.69) is 34.4 Å². The van der Waals surface area contributed by atoms with Crippen molar-refractivity contribution in [2.75, 3.05) is 44.0 Å². The lowest BCUT2D eigenvalue weighted by molar-refractivity contribution is 0.223. The number of methoxy groups -OCH3 is 1. The fourth-order valence-corrected chi connectivity index (χ4v) is 4.74. The Hall–Kier alpha value is -5.15. The Bertz CT molecular complexity index is 1660. The van der Waals surface area contributed by atoms with Crippen molar-refractivity contribution in [2.45, 2.75) is 20.5 Å². The first kappa shape index (κ1) is 31.3. The minimum atomic E-state index is -0.478. The maximum Gasteiger partial charge on any atom is 0.229 e. The van der Waals surface area contributed by atoms with Gasteiger partial charge in [-0.3, -0.25) is 0 Å². The summed E-state index contributed by atoms with van der Waals surface area (Å²) in [5.41, 5.74) is 3.67. The molecule has 4 aromatic carbocycles. The Balaban J connectivity index is 1.36. The van der Waals surface area contributed by atoms with Gasteiger partial charge < -0.3 is 29.7 Å². The van der Waals surface area contributed by atoms with E-state index in [0.29, 0.717) is 40.9 Å². The standard InChI is InChI=1S/C36H38FN5O3/c1-4-42(5-2)21-22-44-29-18-16-28(17-19-29)39-36-38-24-30(35(41-36)40-32-13-9-10-14-34(32)43-3)27-15-20-33(31(37)23-27)45-25-26-11-7-6-8-12-26/h6-20,23-24H,4-5,21-22,25H2,1-3H3,(H2,38,39,40,41). The molecule has 0 amide bonds. The maximum atomic E-state index is 15.2. The molecule has 5 rings (SSSR count). The molecule has 0 unspecified atom stereocenters. The summed E-state index contributed by atoms with van der Waals surface area (Å²) in [5, 5.41) is 6.61. The second-order valence-electron chi connectivity index (χ2n) is 10.2. The predicted octanol–water partition coefficient (Wildman–Crippen LogP) is 8.08. The third-order valence-corrected chi connectivity index (χ3v) is 7.31. The van der Waals surface area contributed by atoms with Gasteiger partial charge in [0.2, 0.25) is 5.95 Å². The predicted molar refractivity (Wildman–Crippen MR) is 177 cm³/mol. The highest BCUT2D eigenvalue weighted by atomic mass is 19.1. The van der Waals surface area contributed by atoms with Crippen molar-refractivity contribution in [3.8, 4) is 28.4 Å². The number of hydrogen-bond donors (Lipinski definition) is 2. The number of likely N-dealkylation sites (N-methyl/N-ethyl adjacent to an activating group) is 1. The first-order chi connectivity index (χ1) is 22.1. The van der Waals surface area contributed by atoms with Crippen LogP contribution in [0.1, 0.15) is 19.4 Å². The van der Waals surface area contributed by atoms with Crippen molar-refractivity contribution in [1.29, 1.82) is 0 Å². The highest BCUT2D eigenvalue weighted by Gasteiger charge is 2.15. The Morgan fingerprint density at radius 1 is 0.800 bits per heavy atom. The van der Waals surface area contributed by atoms with Crippen LogP contribution >= 0.6 is 0 Å². The van der Waals surface area contributed by atoms with E-state index in [0.717, 1.165) is 36.6 Å². The molecular weight excluding hydrogens is 569 g/mol. The summed E-state index contributed by atoms with van der Waals surface area (Å²) in [6.45, 7) is 8.06. The molecule has 1 heterocycles. The molecule has 0 radical (unpaired) electrons. The van der Waals surface area contributed by atoms with Crippen LogP contribution in [0.5, 0.6) is 17.2 Å². The van der Waals surface area contributed by atoms with Gasteiger partial charge in [-0.05, 0) is 72.7 Å². The summed E-state index contributed by atoms with van der Waals surface area (Å²) in [4.78, 5) is 11.6. The van der Waals surface area contributed by atoms with E-state index in [1.54, 1.807) is 25.4 Å². The molecule has 45 heavy (non-hydrogen) atoms. The summed E-state index contributed by atoms with van der Waals surface area (Å²) in [5.74, 6) is 1.97. The molecule has 1 aromatic heterocycles. The molecule has 0 bridgehead atoms. The molecule has 232 valence electrons. The molecule has 0 atom stereocenters. The summed E-state index contributed by atoms with van der Waals surface area (Å²) in [6.07, 6.45) is 1.66. The number of halogens is 1. The number of para-hydroxylation sites is 2. The number of ether oxygens (including phenoxy) is 3. The van der Waals surface area contributed by atoms with Crippen LogP contribution in [0.3, 0.4) is 0 Å². The fourth-order valence-electron chi connectivity index (χ4n) is 4.74. The average molecular weight is 608 g/mol. The van der Waals surface area contributed by atoms with Gasteiger partial charge in [0.25, 0.3) is 0 Å². The quantitative estimate of drug-likeness (QED) is 0.124. The topological polar surface area (TPSA) is 80.8 Å². The van der Waals surface area contributed by atoms with Gasteiger partial charge in [-0.25, -0.2) is 9.37 Å². The van der Waals surface area contributed by atoms with Gasteiger partial charge in [0.15, 0.2) is 11.6 Å². The van der Waals surface area contributed by atoms with Gasteiger partial charge >= 0.3 is 0 Å². The van der Waals surface area contributed by atoms with Crippen LogP contribution in [0.4, 0.5) is 27.5 Å². The van der Waals surface area contributed by atoms with Crippen molar-refractivity contribution in [3.63, 3.8) is 0 Å². The van der Waals surface area contributed by atoms with Crippen molar-refractivity contribution in [1.82, 2.24) is 14.9 Å². The number of benzene rings is 4. The molecular formula is C36H38FN5O3. The lowest BCUT2D eigenvalue weighted by atomic mass is 10.1. The molecule has 0 saturated heterocycles. The Morgan fingerprint density at radius 3 is 2.29 bits per heavy atom. The highest BCUT2D eigenvalue weighted by molar-refractivity contribution is 5.80. The number of nitrogens with zero attached hydrogens (tertiary/aromatic N) is 3. The molecule has 0 saturated carbocycles. The molecule has 0 aliphatic carbocycles.